The van der Waals surface area contributed by atoms with Crippen molar-refractivity contribution in [3.8, 4) is 0 Å². The minimum atomic E-state index is -0.727. The van der Waals surface area contributed by atoms with E-state index in [0.29, 0.717) is 12.4 Å². The second kappa shape index (κ2) is 4.34. The van der Waals surface area contributed by atoms with Gasteiger partial charge in [-0.05, 0) is 20.8 Å². The molecule has 0 saturated heterocycles. The van der Waals surface area contributed by atoms with Crippen LogP contribution in [0.2, 0.25) is 0 Å². The summed E-state index contributed by atoms with van der Waals surface area (Å²) in [6.07, 6.45) is -0.920. The van der Waals surface area contributed by atoms with Gasteiger partial charge in [0.25, 0.3) is 5.89 Å². The van der Waals surface area contributed by atoms with Crippen LogP contribution in [-0.4, -0.2) is 21.9 Å². The topological polar surface area (TPSA) is 68.4 Å². The van der Waals surface area contributed by atoms with Crippen LogP contribution in [0.25, 0.3) is 0 Å². The summed E-state index contributed by atoms with van der Waals surface area (Å²) < 4.78 is 10.1. The molecule has 1 N–H and O–H groups in total. The Hall–Kier alpha value is -0.940. The third-order valence-corrected chi connectivity index (χ3v) is 1.60. The Morgan fingerprint density at radius 1 is 1.54 bits per heavy atom. The quantitative estimate of drug-likeness (QED) is 0.765. The molecule has 0 aliphatic heterocycles. The van der Waals surface area contributed by atoms with E-state index >= 15 is 0 Å². The maximum absolute atomic E-state index is 9.11. The third-order valence-electron chi connectivity index (χ3n) is 1.60. The first-order valence-corrected chi connectivity index (χ1v) is 4.28. The van der Waals surface area contributed by atoms with E-state index < -0.39 is 6.10 Å². The summed E-state index contributed by atoms with van der Waals surface area (Å²) in [5, 5.41) is 12.8. The standard InChI is InChI=1S/C8H14N2O3/c1-4-12-6(3)7-9-8(5(2)11)13-10-7/h5-6,11H,4H2,1-3H3/t5-,6?/m0/s1. The Morgan fingerprint density at radius 2 is 2.23 bits per heavy atom. The van der Waals surface area contributed by atoms with Crippen molar-refractivity contribution in [2.45, 2.75) is 33.0 Å². The van der Waals surface area contributed by atoms with Crippen LogP contribution >= 0.6 is 0 Å². The monoisotopic (exact) mass is 186 g/mol. The summed E-state index contributed by atoms with van der Waals surface area (Å²) in [7, 11) is 0. The number of rotatable bonds is 4. The lowest BCUT2D eigenvalue weighted by atomic mass is 10.4. The van der Waals surface area contributed by atoms with Crippen LogP contribution in [0.1, 0.15) is 44.7 Å². The molecule has 0 saturated carbocycles. The van der Waals surface area contributed by atoms with E-state index in [1.165, 1.54) is 0 Å². The number of ether oxygens (including phenoxy) is 1. The Morgan fingerprint density at radius 3 is 2.69 bits per heavy atom. The maximum Gasteiger partial charge on any atom is 0.255 e. The van der Waals surface area contributed by atoms with E-state index in [1.807, 2.05) is 13.8 Å². The van der Waals surface area contributed by atoms with Crippen molar-refractivity contribution in [1.82, 2.24) is 10.1 Å². The minimum absolute atomic E-state index is 0.193. The zero-order chi connectivity index (χ0) is 9.84. The fourth-order valence-corrected chi connectivity index (χ4v) is 0.907. The second-order valence-corrected chi connectivity index (χ2v) is 2.76. The first kappa shape index (κ1) is 10.1. The number of aliphatic hydroxyl groups is 1. The van der Waals surface area contributed by atoms with E-state index in [-0.39, 0.29) is 12.0 Å². The highest BCUT2D eigenvalue weighted by Crippen LogP contribution is 2.15. The first-order chi connectivity index (χ1) is 6.15. The predicted molar refractivity (Wildman–Crippen MR) is 45.0 cm³/mol. The Labute approximate surface area is 76.7 Å². The van der Waals surface area contributed by atoms with E-state index in [9.17, 15) is 0 Å². The van der Waals surface area contributed by atoms with Gasteiger partial charge in [0.15, 0.2) is 5.82 Å². The fraction of sp³-hybridized carbons (Fsp3) is 0.750. The van der Waals surface area contributed by atoms with Gasteiger partial charge in [0.1, 0.15) is 12.2 Å². The van der Waals surface area contributed by atoms with Gasteiger partial charge in [0.2, 0.25) is 0 Å². The van der Waals surface area contributed by atoms with Gasteiger partial charge in [-0.1, -0.05) is 5.16 Å². The lowest BCUT2D eigenvalue weighted by molar-refractivity contribution is 0.0683. The van der Waals surface area contributed by atoms with Gasteiger partial charge < -0.3 is 14.4 Å². The molecule has 0 aliphatic rings. The highest BCUT2D eigenvalue weighted by molar-refractivity contribution is 4.91. The number of aromatic nitrogens is 2. The van der Waals surface area contributed by atoms with Gasteiger partial charge in [-0.25, -0.2) is 0 Å². The Kier molecular flexibility index (Phi) is 3.39. The van der Waals surface area contributed by atoms with Crippen molar-refractivity contribution in [2.75, 3.05) is 6.61 Å². The van der Waals surface area contributed by atoms with Crippen LogP contribution in [0, 0.1) is 0 Å². The van der Waals surface area contributed by atoms with Crippen molar-refractivity contribution in [3.05, 3.63) is 11.7 Å². The summed E-state index contributed by atoms with van der Waals surface area (Å²) in [6, 6.07) is 0. The largest absolute Gasteiger partial charge is 0.384 e. The molecule has 1 aromatic rings. The van der Waals surface area contributed by atoms with Gasteiger partial charge in [0.05, 0.1) is 0 Å². The molecule has 1 rings (SSSR count). The molecule has 0 aliphatic carbocycles. The molecule has 5 nitrogen and oxygen atoms in total. The maximum atomic E-state index is 9.11. The lowest BCUT2D eigenvalue weighted by Gasteiger charge is -2.04. The number of hydrogen-bond acceptors (Lipinski definition) is 5. The van der Waals surface area contributed by atoms with E-state index in [1.54, 1.807) is 6.92 Å². The molecule has 0 aromatic carbocycles. The molecule has 5 heteroatoms. The molecule has 0 spiro atoms. The molecule has 0 amide bonds. The molecule has 74 valence electrons. The molecule has 1 heterocycles. The van der Waals surface area contributed by atoms with Crippen LogP contribution in [0.15, 0.2) is 4.52 Å². The first-order valence-electron chi connectivity index (χ1n) is 4.28. The molecular formula is C8H14N2O3. The van der Waals surface area contributed by atoms with Gasteiger partial charge in [-0.15, -0.1) is 0 Å². The van der Waals surface area contributed by atoms with Crippen LogP contribution in [-0.2, 0) is 4.74 Å². The van der Waals surface area contributed by atoms with E-state index in [2.05, 4.69) is 10.1 Å². The summed E-state index contributed by atoms with van der Waals surface area (Å²) in [5.74, 6) is 0.694. The molecule has 13 heavy (non-hydrogen) atoms. The molecule has 0 fully saturated rings. The van der Waals surface area contributed by atoms with Crippen molar-refractivity contribution < 1.29 is 14.4 Å². The average molecular weight is 186 g/mol. The minimum Gasteiger partial charge on any atom is -0.384 e. The number of aliphatic hydroxyl groups excluding tert-OH is 1. The summed E-state index contributed by atoms with van der Waals surface area (Å²) in [6.45, 7) is 5.90. The van der Waals surface area contributed by atoms with Gasteiger partial charge in [-0.2, -0.15) is 4.98 Å². The second-order valence-electron chi connectivity index (χ2n) is 2.76. The van der Waals surface area contributed by atoms with Gasteiger partial charge in [-0.3, -0.25) is 0 Å². The zero-order valence-corrected chi connectivity index (χ0v) is 8.02. The molecule has 0 bridgehead atoms. The average Bonchev–Trinajstić information content (AvgIpc) is 2.52. The van der Waals surface area contributed by atoms with Crippen molar-refractivity contribution >= 4 is 0 Å². The number of hydrogen-bond donors (Lipinski definition) is 1. The molecule has 1 aromatic heterocycles. The van der Waals surface area contributed by atoms with Gasteiger partial charge >= 0.3 is 0 Å². The predicted octanol–water partition coefficient (Wildman–Crippen LogP) is 1.22. The molecule has 0 radical (unpaired) electrons. The van der Waals surface area contributed by atoms with E-state index in [4.69, 9.17) is 14.4 Å². The van der Waals surface area contributed by atoms with Crippen LogP contribution in [0.3, 0.4) is 0 Å². The fourth-order valence-electron chi connectivity index (χ4n) is 0.907. The van der Waals surface area contributed by atoms with Crippen molar-refractivity contribution in [1.29, 1.82) is 0 Å². The SMILES string of the molecule is CCOC(C)c1noc([C@H](C)O)n1. The smallest absolute Gasteiger partial charge is 0.255 e. The summed E-state index contributed by atoms with van der Waals surface area (Å²) in [5.41, 5.74) is 0. The highest BCUT2D eigenvalue weighted by atomic mass is 16.5. The van der Waals surface area contributed by atoms with E-state index in [0.717, 1.165) is 0 Å². The lowest BCUT2D eigenvalue weighted by Crippen LogP contribution is -2.02. The Bertz CT molecular complexity index is 260. The van der Waals surface area contributed by atoms with Crippen molar-refractivity contribution in [2.24, 2.45) is 0 Å². The molecule has 1 unspecified atom stereocenters. The third kappa shape index (κ3) is 2.50. The van der Waals surface area contributed by atoms with Crippen molar-refractivity contribution in [3.63, 3.8) is 0 Å². The van der Waals surface area contributed by atoms with Crippen LogP contribution < -0.4 is 0 Å². The number of nitrogens with zero attached hydrogens (tertiary/aromatic N) is 2. The highest BCUT2D eigenvalue weighted by Gasteiger charge is 2.15. The Balaban J connectivity index is 2.67. The van der Waals surface area contributed by atoms with Crippen LogP contribution in [0.5, 0.6) is 0 Å². The van der Waals surface area contributed by atoms with Gasteiger partial charge in [0, 0.05) is 6.61 Å². The summed E-state index contributed by atoms with van der Waals surface area (Å²) >= 11 is 0. The zero-order valence-electron chi connectivity index (χ0n) is 8.02. The normalized spacial score (nSPS) is 15.7. The summed E-state index contributed by atoms with van der Waals surface area (Å²) in [4.78, 5) is 3.98. The molecule has 2 atom stereocenters. The van der Waals surface area contributed by atoms with Crippen LogP contribution in [0.4, 0.5) is 0 Å². The molecular weight excluding hydrogens is 172 g/mol.